The molecule has 2 fully saturated rings. The SMILES string of the molecule is Cc1ccc(N2C(=O)CCS2(=O)=O)cc1S(=O)(=O)NCC(c1cccnc1)N1CCOCC1. The van der Waals surface area contributed by atoms with Crippen LogP contribution in [0, 0.1) is 6.92 Å². The average Bonchev–Trinajstić information content (AvgIpc) is 3.08. The van der Waals surface area contributed by atoms with Crippen molar-refractivity contribution < 1.29 is 26.4 Å². The number of hydrogen-bond acceptors (Lipinski definition) is 8. The third kappa shape index (κ3) is 5.09. The van der Waals surface area contributed by atoms with Gasteiger partial charge in [-0.3, -0.25) is 14.7 Å². The Kier molecular flexibility index (Phi) is 6.82. The van der Waals surface area contributed by atoms with E-state index in [0.717, 1.165) is 5.56 Å². The fraction of sp³-hybridized carbons (Fsp3) is 0.429. The van der Waals surface area contributed by atoms with Crippen molar-refractivity contribution in [1.82, 2.24) is 14.6 Å². The third-order valence-corrected chi connectivity index (χ3v) is 9.05. The molecular weight excluding hydrogens is 468 g/mol. The zero-order valence-corrected chi connectivity index (χ0v) is 19.8. The van der Waals surface area contributed by atoms with Crippen LogP contribution in [0.3, 0.4) is 0 Å². The lowest BCUT2D eigenvalue weighted by Gasteiger charge is -2.34. The Morgan fingerprint density at radius 3 is 2.61 bits per heavy atom. The number of benzene rings is 1. The third-order valence-electron chi connectivity index (χ3n) is 5.80. The van der Waals surface area contributed by atoms with Crippen LogP contribution < -0.4 is 9.03 Å². The van der Waals surface area contributed by atoms with Crippen LogP contribution >= 0.6 is 0 Å². The first-order valence-electron chi connectivity index (χ1n) is 10.6. The predicted molar refractivity (Wildman–Crippen MR) is 122 cm³/mol. The Labute approximate surface area is 193 Å². The molecule has 0 radical (unpaired) electrons. The quantitative estimate of drug-likeness (QED) is 0.599. The van der Waals surface area contributed by atoms with Gasteiger partial charge in [-0.25, -0.2) is 25.9 Å². The van der Waals surface area contributed by atoms with E-state index in [0.29, 0.717) is 36.2 Å². The van der Waals surface area contributed by atoms with Gasteiger partial charge in [0, 0.05) is 38.4 Å². The van der Waals surface area contributed by atoms with Crippen LogP contribution in [0.1, 0.15) is 23.6 Å². The minimum atomic E-state index is -4.00. The van der Waals surface area contributed by atoms with E-state index < -0.39 is 26.0 Å². The summed E-state index contributed by atoms with van der Waals surface area (Å²) in [6.45, 7) is 4.15. The lowest BCUT2D eigenvalue weighted by Crippen LogP contribution is -2.43. The van der Waals surface area contributed by atoms with Gasteiger partial charge < -0.3 is 4.74 Å². The highest BCUT2D eigenvalue weighted by Crippen LogP contribution is 2.29. The molecule has 2 aromatic rings. The highest BCUT2D eigenvalue weighted by atomic mass is 32.2. The molecule has 0 saturated carbocycles. The summed E-state index contributed by atoms with van der Waals surface area (Å²) >= 11 is 0. The Bertz CT molecular complexity index is 1230. The zero-order valence-electron chi connectivity index (χ0n) is 18.2. The monoisotopic (exact) mass is 494 g/mol. The number of pyridine rings is 1. The van der Waals surface area contributed by atoms with E-state index in [1.165, 1.54) is 18.2 Å². The number of hydrogen-bond donors (Lipinski definition) is 1. The van der Waals surface area contributed by atoms with Gasteiger partial charge in [0.05, 0.1) is 35.6 Å². The van der Waals surface area contributed by atoms with E-state index in [1.807, 2.05) is 6.07 Å². The summed E-state index contributed by atoms with van der Waals surface area (Å²) in [6.07, 6.45) is 3.25. The van der Waals surface area contributed by atoms with Gasteiger partial charge in [0.1, 0.15) is 0 Å². The van der Waals surface area contributed by atoms with Gasteiger partial charge >= 0.3 is 0 Å². The van der Waals surface area contributed by atoms with Crippen molar-refractivity contribution in [3.05, 3.63) is 53.9 Å². The maximum absolute atomic E-state index is 13.3. The number of aryl methyl sites for hydroxylation is 1. The van der Waals surface area contributed by atoms with Crippen LogP contribution in [0.25, 0.3) is 0 Å². The molecule has 2 saturated heterocycles. The largest absolute Gasteiger partial charge is 0.379 e. The van der Waals surface area contributed by atoms with Gasteiger partial charge in [0.25, 0.3) is 0 Å². The fourth-order valence-electron chi connectivity index (χ4n) is 4.06. The van der Waals surface area contributed by atoms with Crippen molar-refractivity contribution in [2.24, 2.45) is 0 Å². The molecule has 0 bridgehead atoms. The molecule has 4 rings (SSSR count). The molecule has 1 unspecified atom stereocenters. The van der Waals surface area contributed by atoms with E-state index in [-0.39, 0.29) is 35.3 Å². The first-order chi connectivity index (χ1) is 15.7. The number of carbonyl (C=O) groups excluding carboxylic acids is 1. The Morgan fingerprint density at radius 1 is 1.21 bits per heavy atom. The van der Waals surface area contributed by atoms with Gasteiger partial charge in [-0.05, 0) is 36.2 Å². The Balaban J connectivity index is 1.61. The summed E-state index contributed by atoms with van der Waals surface area (Å²) < 4.78 is 59.9. The van der Waals surface area contributed by atoms with Crippen molar-refractivity contribution in [3.8, 4) is 0 Å². The number of aromatic nitrogens is 1. The minimum absolute atomic E-state index is 0.0282. The molecule has 1 amide bonds. The summed E-state index contributed by atoms with van der Waals surface area (Å²) in [5.74, 6) is -0.856. The molecule has 2 aliphatic heterocycles. The first kappa shape index (κ1) is 23.8. The molecule has 1 aromatic carbocycles. The normalized spacial score (nSPS) is 20.2. The number of nitrogens with zero attached hydrogens (tertiary/aromatic N) is 3. The van der Waals surface area contributed by atoms with Gasteiger partial charge in [0.15, 0.2) is 0 Å². The number of rotatable bonds is 7. The number of carbonyl (C=O) groups is 1. The van der Waals surface area contributed by atoms with Crippen molar-refractivity contribution in [3.63, 3.8) is 0 Å². The van der Waals surface area contributed by atoms with Gasteiger partial charge in [-0.15, -0.1) is 0 Å². The molecule has 178 valence electrons. The number of morpholine rings is 1. The topological polar surface area (TPSA) is 126 Å². The maximum Gasteiger partial charge on any atom is 0.242 e. The standard InChI is InChI=1S/C21H26N4O6S2/c1-16-4-5-18(25-21(26)6-12-32(25,27)28)13-20(16)33(29,30)23-15-19(17-3-2-7-22-14-17)24-8-10-31-11-9-24/h2-5,7,13-14,19,23H,6,8-12,15H2,1H3. The molecule has 10 nitrogen and oxygen atoms in total. The van der Waals surface area contributed by atoms with Crippen molar-refractivity contribution >= 4 is 31.6 Å². The lowest BCUT2D eigenvalue weighted by molar-refractivity contribution is -0.116. The van der Waals surface area contributed by atoms with Crippen molar-refractivity contribution in [1.29, 1.82) is 0 Å². The zero-order chi connectivity index (χ0) is 23.6. The molecule has 0 aliphatic carbocycles. The molecule has 2 aliphatic rings. The molecular formula is C21H26N4O6S2. The number of nitrogens with one attached hydrogen (secondary N) is 1. The highest BCUT2D eigenvalue weighted by molar-refractivity contribution is 7.94. The number of anilines is 1. The maximum atomic E-state index is 13.3. The second-order valence-electron chi connectivity index (χ2n) is 7.98. The van der Waals surface area contributed by atoms with E-state index in [2.05, 4.69) is 14.6 Å². The van der Waals surface area contributed by atoms with Crippen LogP contribution in [0.15, 0.2) is 47.6 Å². The molecule has 12 heteroatoms. The highest BCUT2D eigenvalue weighted by Gasteiger charge is 2.37. The molecule has 1 atom stereocenters. The summed E-state index contributed by atoms with van der Waals surface area (Å²) in [5.41, 5.74) is 1.35. The van der Waals surface area contributed by atoms with Gasteiger partial charge in [-0.2, -0.15) is 0 Å². The first-order valence-corrected chi connectivity index (χ1v) is 13.7. The molecule has 3 heterocycles. The van der Waals surface area contributed by atoms with Crippen LogP contribution in [-0.4, -0.2) is 71.2 Å². The van der Waals surface area contributed by atoms with E-state index in [1.54, 1.807) is 25.4 Å². The summed E-state index contributed by atoms with van der Waals surface area (Å²) in [5, 5.41) is 0. The van der Waals surface area contributed by atoms with Gasteiger partial charge in [-0.1, -0.05) is 12.1 Å². The smallest absolute Gasteiger partial charge is 0.242 e. The minimum Gasteiger partial charge on any atom is -0.379 e. The van der Waals surface area contributed by atoms with Crippen LogP contribution in [0.2, 0.25) is 0 Å². The number of ether oxygens (including phenoxy) is 1. The summed E-state index contributed by atoms with van der Waals surface area (Å²) in [4.78, 5) is 18.4. The molecule has 33 heavy (non-hydrogen) atoms. The lowest BCUT2D eigenvalue weighted by atomic mass is 10.1. The van der Waals surface area contributed by atoms with Crippen LogP contribution in [-0.2, 0) is 29.6 Å². The van der Waals surface area contributed by atoms with Gasteiger partial charge in [0.2, 0.25) is 26.0 Å². The number of amides is 1. The van der Waals surface area contributed by atoms with Crippen LogP contribution in [0.4, 0.5) is 5.69 Å². The second-order valence-corrected chi connectivity index (χ2v) is 11.6. The molecule has 1 aromatic heterocycles. The Morgan fingerprint density at radius 2 is 1.97 bits per heavy atom. The molecule has 0 spiro atoms. The number of sulfonamides is 2. The Hall–Kier alpha value is -2.38. The molecule has 1 N–H and O–H groups in total. The van der Waals surface area contributed by atoms with E-state index in [9.17, 15) is 21.6 Å². The summed E-state index contributed by atoms with van der Waals surface area (Å²) in [7, 11) is -7.80. The predicted octanol–water partition coefficient (Wildman–Crippen LogP) is 0.808. The van der Waals surface area contributed by atoms with Crippen LogP contribution in [0.5, 0.6) is 0 Å². The van der Waals surface area contributed by atoms with Crippen molar-refractivity contribution in [2.45, 2.75) is 24.3 Å². The average molecular weight is 495 g/mol. The summed E-state index contributed by atoms with van der Waals surface area (Å²) in [6, 6.07) is 7.65. The second kappa shape index (κ2) is 9.47. The fourth-order valence-corrected chi connectivity index (χ4v) is 6.81. The van der Waals surface area contributed by atoms with E-state index in [4.69, 9.17) is 4.74 Å². The van der Waals surface area contributed by atoms with E-state index >= 15 is 0 Å². The van der Waals surface area contributed by atoms with Crippen molar-refractivity contribution in [2.75, 3.05) is 42.9 Å².